The van der Waals surface area contributed by atoms with Crippen molar-refractivity contribution in [2.24, 2.45) is 0 Å². The van der Waals surface area contributed by atoms with E-state index in [4.69, 9.17) is 9.47 Å². The standard InChI is InChI=1S/C27H29FN6O2/c1-35-24-10-6-9-23(26(24)36-2)25(27-29-30-31-34(27)19-20-7-4-3-5-8-20)33-17-15-32(16-18-33)22-13-11-21(28)12-14-22/h3-14,25H,15-19H2,1-2H3/t25-/m0/s1. The van der Waals surface area contributed by atoms with Crippen molar-refractivity contribution in [3.05, 3.63) is 95.6 Å². The molecule has 5 rings (SSSR count). The van der Waals surface area contributed by atoms with Crippen molar-refractivity contribution in [2.75, 3.05) is 45.3 Å². The minimum absolute atomic E-state index is 0.229. The first-order valence-corrected chi connectivity index (χ1v) is 11.9. The number of halogens is 1. The van der Waals surface area contributed by atoms with Gasteiger partial charge in [0, 0.05) is 37.4 Å². The SMILES string of the molecule is COc1cccc([C@@H](c2nnnn2Cc2ccccc2)N2CCN(c3ccc(F)cc3)CC2)c1OC. The number of piperazine rings is 1. The molecule has 3 aromatic carbocycles. The van der Waals surface area contributed by atoms with Gasteiger partial charge in [0.15, 0.2) is 17.3 Å². The number of anilines is 1. The van der Waals surface area contributed by atoms with Crippen LogP contribution in [0.1, 0.15) is 23.0 Å². The van der Waals surface area contributed by atoms with Crippen LogP contribution in [-0.4, -0.2) is 65.5 Å². The van der Waals surface area contributed by atoms with E-state index in [1.807, 2.05) is 53.2 Å². The molecule has 0 amide bonds. The van der Waals surface area contributed by atoms with Gasteiger partial charge in [-0.1, -0.05) is 42.5 Å². The predicted molar refractivity (Wildman–Crippen MR) is 135 cm³/mol. The zero-order valence-electron chi connectivity index (χ0n) is 20.4. The summed E-state index contributed by atoms with van der Waals surface area (Å²) in [5, 5.41) is 12.9. The van der Waals surface area contributed by atoms with Crippen LogP contribution in [0.25, 0.3) is 0 Å². The molecule has 1 atom stereocenters. The number of para-hydroxylation sites is 1. The van der Waals surface area contributed by atoms with Crippen molar-refractivity contribution in [1.82, 2.24) is 25.1 Å². The van der Waals surface area contributed by atoms with E-state index >= 15 is 0 Å². The van der Waals surface area contributed by atoms with Crippen molar-refractivity contribution in [3.63, 3.8) is 0 Å². The highest BCUT2D eigenvalue weighted by atomic mass is 19.1. The van der Waals surface area contributed by atoms with Gasteiger partial charge in [-0.25, -0.2) is 9.07 Å². The summed E-state index contributed by atoms with van der Waals surface area (Å²) in [4.78, 5) is 4.63. The highest BCUT2D eigenvalue weighted by molar-refractivity contribution is 5.50. The van der Waals surface area contributed by atoms with E-state index in [1.54, 1.807) is 14.2 Å². The summed E-state index contributed by atoms with van der Waals surface area (Å²) < 4.78 is 26.7. The van der Waals surface area contributed by atoms with Crippen LogP contribution in [0.5, 0.6) is 11.5 Å². The Bertz CT molecular complexity index is 1270. The topological polar surface area (TPSA) is 68.5 Å². The van der Waals surface area contributed by atoms with E-state index in [1.165, 1.54) is 12.1 Å². The third-order valence-electron chi connectivity index (χ3n) is 6.58. The third kappa shape index (κ3) is 4.87. The predicted octanol–water partition coefficient (Wildman–Crippen LogP) is 3.79. The Morgan fingerprint density at radius 1 is 0.861 bits per heavy atom. The number of aromatic nitrogens is 4. The van der Waals surface area contributed by atoms with E-state index in [0.29, 0.717) is 18.0 Å². The van der Waals surface area contributed by atoms with Gasteiger partial charge in [-0.2, -0.15) is 0 Å². The van der Waals surface area contributed by atoms with Crippen molar-refractivity contribution in [2.45, 2.75) is 12.6 Å². The monoisotopic (exact) mass is 488 g/mol. The molecular formula is C27H29FN6O2. The summed E-state index contributed by atoms with van der Waals surface area (Å²) in [5.41, 5.74) is 3.07. The number of hydrogen-bond acceptors (Lipinski definition) is 7. The second-order valence-corrected chi connectivity index (χ2v) is 8.67. The highest BCUT2D eigenvalue weighted by Gasteiger charge is 2.33. The molecule has 1 aliphatic rings. The third-order valence-corrected chi connectivity index (χ3v) is 6.58. The smallest absolute Gasteiger partial charge is 0.173 e. The summed E-state index contributed by atoms with van der Waals surface area (Å²) >= 11 is 0. The largest absolute Gasteiger partial charge is 0.493 e. The number of rotatable bonds is 8. The Balaban J connectivity index is 1.49. The summed E-state index contributed by atoms with van der Waals surface area (Å²) in [7, 11) is 3.29. The van der Waals surface area contributed by atoms with Gasteiger partial charge in [0.2, 0.25) is 0 Å². The summed E-state index contributed by atoms with van der Waals surface area (Å²) in [5.74, 6) is 1.83. The quantitative estimate of drug-likeness (QED) is 0.374. The average Bonchev–Trinajstić information content (AvgIpc) is 3.37. The van der Waals surface area contributed by atoms with Crippen LogP contribution in [0.2, 0.25) is 0 Å². The maximum absolute atomic E-state index is 13.4. The Labute approximate surface area is 209 Å². The molecular weight excluding hydrogens is 459 g/mol. The van der Waals surface area contributed by atoms with Gasteiger partial charge in [-0.15, -0.1) is 5.10 Å². The fraction of sp³-hybridized carbons (Fsp3) is 0.296. The minimum Gasteiger partial charge on any atom is -0.493 e. The number of benzene rings is 3. The van der Waals surface area contributed by atoms with Crippen molar-refractivity contribution in [3.8, 4) is 11.5 Å². The molecule has 0 N–H and O–H groups in total. The van der Waals surface area contributed by atoms with Gasteiger partial charge < -0.3 is 14.4 Å². The molecule has 0 bridgehead atoms. The zero-order chi connectivity index (χ0) is 24.9. The average molecular weight is 489 g/mol. The van der Waals surface area contributed by atoms with Crippen molar-refractivity contribution >= 4 is 5.69 Å². The van der Waals surface area contributed by atoms with Gasteiger partial charge in [-0.05, 0) is 46.3 Å². The zero-order valence-corrected chi connectivity index (χ0v) is 20.4. The number of ether oxygens (including phenoxy) is 2. The first kappa shape index (κ1) is 23.7. The molecule has 0 spiro atoms. The molecule has 9 heteroatoms. The van der Waals surface area contributed by atoms with E-state index in [0.717, 1.165) is 48.8 Å². The molecule has 4 aromatic rings. The van der Waals surface area contributed by atoms with Crippen LogP contribution >= 0.6 is 0 Å². The first-order valence-electron chi connectivity index (χ1n) is 11.9. The summed E-state index contributed by atoms with van der Waals surface area (Å²) in [6, 6.07) is 22.4. The van der Waals surface area contributed by atoms with Crippen LogP contribution in [0.4, 0.5) is 10.1 Å². The number of hydrogen-bond donors (Lipinski definition) is 0. The maximum Gasteiger partial charge on any atom is 0.173 e. The lowest BCUT2D eigenvalue weighted by Gasteiger charge is -2.40. The van der Waals surface area contributed by atoms with Gasteiger partial charge in [0.1, 0.15) is 11.9 Å². The van der Waals surface area contributed by atoms with Gasteiger partial charge >= 0.3 is 0 Å². The Hall–Kier alpha value is -3.98. The van der Waals surface area contributed by atoms with Gasteiger partial charge in [0.25, 0.3) is 0 Å². The van der Waals surface area contributed by atoms with Gasteiger partial charge in [-0.3, -0.25) is 4.90 Å². The first-order chi connectivity index (χ1) is 17.7. The molecule has 0 aliphatic carbocycles. The lowest BCUT2D eigenvalue weighted by Crippen LogP contribution is -2.48. The van der Waals surface area contributed by atoms with Crippen LogP contribution in [-0.2, 0) is 6.54 Å². The summed E-state index contributed by atoms with van der Waals surface area (Å²) in [6.07, 6.45) is 0. The van der Waals surface area contributed by atoms with Crippen LogP contribution in [0.3, 0.4) is 0 Å². The molecule has 0 unspecified atom stereocenters. The minimum atomic E-state index is -0.246. The molecule has 1 aliphatic heterocycles. The molecule has 1 saturated heterocycles. The van der Waals surface area contributed by atoms with Gasteiger partial charge in [0.05, 0.1) is 20.8 Å². The van der Waals surface area contributed by atoms with Crippen LogP contribution in [0, 0.1) is 5.82 Å². The second-order valence-electron chi connectivity index (χ2n) is 8.67. The Kier molecular flexibility index (Phi) is 7.08. The molecule has 2 heterocycles. The Morgan fingerprint density at radius 2 is 1.61 bits per heavy atom. The molecule has 0 radical (unpaired) electrons. The summed E-state index contributed by atoms with van der Waals surface area (Å²) in [6.45, 7) is 3.66. The lowest BCUT2D eigenvalue weighted by atomic mass is 10.0. The van der Waals surface area contributed by atoms with E-state index in [9.17, 15) is 4.39 Å². The molecule has 1 aromatic heterocycles. The fourth-order valence-corrected chi connectivity index (χ4v) is 4.79. The molecule has 1 fully saturated rings. The van der Waals surface area contributed by atoms with Crippen molar-refractivity contribution < 1.29 is 13.9 Å². The second kappa shape index (κ2) is 10.7. The number of nitrogens with zero attached hydrogens (tertiary/aromatic N) is 6. The molecule has 0 saturated carbocycles. The fourth-order valence-electron chi connectivity index (χ4n) is 4.79. The van der Waals surface area contributed by atoms with Crippen molar-refractivity contribution in [1.29, 1.82) is 0 Å². The highest BCUT2D eigenvalue weighted by Crippen LogP contribution is 2.40. The normalized spacial score (nSPS) is 15.0. The van der Waals surface area contributed by atoms with Crippen LogP contribution in [0.15, 0.2) is 72.8 Å². The van der Waals surface area contributed by atoms with E-state index in [2.05, 4.69) is 37.5 Å². The number of tetrazole rings is 1. The molecule has 36 heavy (non-hydrogen) atoms. The lowest BCUT2D eigenvalue weighted by molar-refractivity contribution is 0.197. The maximum atomic E-state index is 13.4. The van der Waals surface area contributed by atoms with E-state index < -0.39 is 0 Å². The number of methoxy groups -OCH3 is 2. The van der Waals surface area contributed by atoms with Crippen LogP contribution < -0.4 is 14.4 Å². The Morgan fingerprint density at radius 3 is 2.31 bits per heavy atom. The molecule has 186 valence electrons. The van der Waals surface area contributed by atoms with E-state index in [-0.39, 0.29) is 11.9 Å². The molecule has 8 nitrogen and oxygen atoms in total.